The number of hydrogen-bond donors (Lipinski definition) is 1. The minimum atomic E-state index is -0.442. The van der Waals surface area contributed by atoms with Crippen LogP contribution in [0.25, 0.3) is 0 Å². The van der Waals surface area contributed by atoms with Crippen LogP contribution in [-0.2, 0) is 0 Å². The number of aliphatic hydroxyl groups is 1. The number of methoxy groups -OCH3 is 1. The van der Waals surface area contributed by atoms with E-state index >= 15 is 0 Å². The summed E-state index contributed by atoms with van der Waals surface area (Å²) in [5, 5.41) is 10.2. The minimum Gasteiger partial charge on any atom is -0.496 e. The summed E-state index contributed by atoms with van der Waals surface area (Å²) in [4.78, 5) is 14.1. The largest absolute Gasteiger partial charge is 0.496 e. The zero-order valence-corrected chi connectivity index (χ0v) is 13.4. The quantitative estimate of drug-likeness (QED) is 0.783. The summed E-state index contributed by atoms with van der Waals surface area (Å²) in [5.41, 5.74) is 0.446. The number of piperidine rings is 1. The van der Waals surface area contributed by atoms with Gasteiger partial charge < -0.3 is 14.7 Å². The number of ether oxygens (including phenoxy) is 1. The molecule has 1 aromatic rings. The smallest absolute Gasteiger partial charge is 0.257 e. The van der Waals surface area contributed by atoms with Crippen molar-refractivity contribution in [3.05, 3.63) is 26.3 Å². The fraction of sp³-hybridized carbons (Fsp3) is 0.462. The second-order valence-electron chi connectivity index (χ2n) is 4.51. The normalized spacial score (nSPS) is 19.4. The van der Waals surface area contributed by atoms with Crippen molar-refractivity contribution in [1.82, 2.24) is 4.90 Å². The van der Waals surface area contributed by atoms with E-state index in [9.17, 15) is 9.90 Å². The fourth-order valence-corrected chi connectivity index (χ4v) is 2.78. The molecule has 1 amide bonds. The Kier molecular flexibility index (Phi) is 4.92. The van der Waals surface area contributed by atoms with Gasteiger partial charge in [0.25, 0.3) is 5.91 Å². The van der Waals surface area contributed by atoms with E-state index in [0.29, 0.717) is 29.4 Å². The van der Waals surface area contributed by atoms with Crippen LogP contribution >= 0.6 is 34.2 Å². The molecule has 0 aromatic heterocycles. The van der Waals surface area contributed by atoms with E-state index in [1.807, 2.05) is 0 Å². The zero-order valence-electron chi connectivity index (χ0n) is 10.5. The number of nitrogens with zero attached hydrogens (tertiary/aromatic N) is 1. The molecule has 1 atom stereocenters. The van der Waals surface area contributed by atoms with Gasteiger partial charge in [-0.15, -0.1) is 0 Å². The van der Waals surface area contributed by atoms with E-state index in [2.05, 4.69) is 22.6 Å². The van der Waals surface area contributed by atoms with E-state index in [0.717, 1.165) is 16.4 Å². The summed E-state index contributed by atoms with van der Waals surface area (Å²) in [6.07, 6.45) is 1.12. The van der Waals surface area contributed by atoms with E-state index < -0.39 is 6.10 Å². The van der Waals surface area contributed by atoms with Gasteiger partial charge >= 0.3 is 0 Å². The van der Waals surface area contributed by atoms with Crippen LogP contribution < -0.4 is 4.74 Å². The molecular formula is C13H15ClINO3. The van der Waals surface area contributed by atoms with Crippen molar-refractivity contribution in [3.63, 3.8) is 0 Å². The number of benzene rings is 1. The molecular weight excluding hydrogens is 381 g/mol. The first-order valence-corrected chi connectivity index (χ1v) is 7.49. The molecule has 1 aromatic carbocycles. The number of halogens is 2. The maximum absolute atomic E-state index is 12.5. The average Bonchev–Trinajstić information content (AvgIpc) is 2.40. The van der Waals surface area contributed by atoms with Crippen molar-refractivity contribution in [2.24, 2.45) is 0 Å². The van der Waals surface area contributed by atoms with Crippen molar-refractivity contribution in [2.75, 3.05) is 20.2 Å². The minimum absolute atomic E-state index is 0.145. The lowest BCUT2D eigenvalue weighted by atomic mass is 10.1. The molecule has 104 valence electrons. The van der Waals surface area contributed by atoms with E-state index in [1.54, 1.807) is 17.0 Å². The standard InChI is InChI=1S/C13H15ClINO3/c1-19-12-6-11(15)10(14)5-9(12)13(18)16-4-2-3-8(17)7-16/h5-6,8,17H,2-4,7H2,1H3. The molecule has 0 spiro atoms. The highest BCUT2D eigenvalue weighted by Crippen LogP contribution is 2.29. The topological polar surface area (TPSA) is 49.8 Å². The van der Waals surface area contributed by atoms with Gasteiger partial charge in [0.15, 0.2) is 0 Å². The molecule has 1 aliphatic rings. The fourth-order valence-electron chi connectivity index (χ4n) is 2.17. The van der Waals surface area contributed by atoms with Crippen molar-refractivity contribution in [2.45, 2.75) is 18.9 Å². The number of aliphatic hydroxyl groups excluding tert-OH is 1. The van der Waals surface area contributed by atoms with Crippen LogP contribution in [-0.4, -0.2) is 42.2 Å². The number of β-amino-alcohol motifs (C(OH)–C–C–N with tert-alkyl or cyclic N) is 1. The Morgan fingerprint density at radius 1 is 1.58 bits per heavy atom. The van der Waals surface area contributed by atoms with Crippen LogP contribution in [0.15, 0.2) is 12.1 Å². The predicted molar refractivity (Wildman–Crippen MR) is 81.9 cm³/mol. The first kappa shape index (κ1) is 14.9. The number of amides is 1. The van der Waals surface area contributed by atoms with Gasteiger partial charge in [0.2, 0.25) is 0 Å². The molecule has 1 aliphatic heterocycles. The Balaban J connectivity index is 2.30. The van der Waals surface area contributed by atoms with Gasteiger partial charge in [0, 0.05) is 16.7 Å². The molecule has 1 heterocycles. The summed E-state index contributed by atoms with van der Waals surface area (Å²) in [6, 6.07) is 3.38. The molecule has 4 nitrogen and oxygen atoms in total. The van der Waals surface area contributed by atoms with Gasteiger partial charge in [-0.05, 0) is 47.6 Å². The molecule has 0 bridgehead atoms. The average molecular weight is 396 g/mol. The molecule has 0 radical (unpaired) electrons. The molecule has 0 aliphatic carbocycles. The molecule has 1 fully saturated rings. The lowest BCUT2D eigenvalue weighted by molar-refractivity contribution is 0.0471. The van der Waals surface area contributed by atoms with Crippen LogP contribution in [0.1, 0.15) is 23.2 Å². The highest BCUT2D eigenvalue weighted by molar-refractivity contribution is 14.1. The lowest BCUT2D eigenvalue weighted by Crippen LogP contribution is -2.42. The molecule has 19 heavy (non-hydrogen) atoms. The number of carbonyl (C=O) groups excluding carboxylic acids is 1. The van der Waals surface area contributed by atoms with Gasteiger partial charge in [-0.25, -0.2) is 0 Å². The summed E-state index contributed by atoms with van der Waals surface area (Å²) in [6.45, 7) is 1.02. The van der Waals surface area contributed by atoms with Gasteiger partial charge in [-0.1, -0.05) is 11.6 Å². The highest BCUT2D eigenvalue weighted by Gasteiger charge is 2.25. The van der Waals surface area contributed by atoms with E-state index in [4.69, 9.17) is 16.3 Å². The highest BCUT2D eigenvalue weighted by atomic mass is 127. The number of likely N-dealkylation sites (tertiary alicyclic amines) is 1. The Bertz CT molecular complexity index is 495. The molecule has 0 saturated carbocycles. The summed E-state index contributed by atoms with van der Waals surface area (Å²) >= 11 is 8.17. The van der Waals surface area contributed by atoms with Crippen LogP contribution in [0, 0.1) is 3.57 Å². The van der Waals surface area contributed by atoms with Gasteiger partial charge in [-0.3, -0.25) is 4.79 Å². The molecule has 1 N–H and O–H groups in total. The zero-order chi connectivity index (χ0) is 14.0. The monoisotopic (exact) mass is 395 g/mol. The molecule has 6 heteroatoms. The van der Waals surface area contributed by atoms with Crippen LogP contribution in [0.3, 0.4) is 0 Å². The van der Waals surface area contributed by atoms with Gasteiger partial charge in [0.1, 0.15) is 5.75 Å². The van der Waals surface area contributed by atoms with Crippen LogP contribution in [0.4, 0.5) is 0 Å². The maximum Gasteiger partial charge on any atom is 0.257 e. The summed E-state index contributed by atoms with van der Waals surface area (Å²) in [7, 11) is 1.53. The third-order valence-electron chi connectivity index (χ3n) is 3.16. The van der Waals surface area contributed by atoms with Crippen LogP contribution in [0.2, 0.25) is 5.02 Å². The Labute approximate surface area is 130 Å². The number of carbonyl (C=O) groups is 1. The van der Waals surface area contributed by atoms with Gasteiger partial charge in [0.05, 0.1) is 23.8 Å². The molecule has 2 rings (SSSR count). The first-order chi connectivity index (χ1) is 9.02. The second kappa shape index (κ2) is 6.28. The van der Waals surface area contributed by atoms with Crippen molar-refractivity contribution in [3.8, 4) is 5.75 Å². The maximum atomic E-state index is 12.5. The van der Waals surface area contributed by atoms with Gasteiger partial charge in [-0.2, -0.15) is 0 Å². The molecule has 1 unspecified atom stereocenters. The van der Waals surface area contributed by atoms with Crippen molar-refractivity contribution in [1.29, 1.82) is 0 Å². The summed E-state index contributed by atoms with van der Waals surface area (Å²) in [5.74, 6) is 0.368. The van der Waals surface area contributed by atoms with Crippen molar-refractivity contribution >= 4 is 40.1 Å². The van der Waals surface area contributed by atoms with E-state index in [1.165, 1.54) is 7.11 Å². The van der Waals surface area contributed by atoms with E-state index in [-0.39, 0.29) is 5.91 Å². The Morgan fingerprint density at radius 3 is 2.95 bits per heavy atom. The third-order valence-corrected chi connectivity index (χ3v) is 4.68. The lowest BCUT2D eigenvalue weighted by Gasteiger charge is -2.30. The third kappa shape index (κ3) is 3.32. The SMILES string of the molecule is COc1cc(I)c(Cl)cc1C(=O)N1CCCC(O)C1. The molecule has 1 saturated heterocycles. The second-order valence-corrected chi connectivity index (χ2v) is 6.08. The first-order valence-electron chi connectivity index (χ1n) is 6.03. The predicted octanol–water partition coefficient (Wildman–Crippen LogP) is 2.55. The number of rotatable bonds is 2. The van der Waals surface area contributed by atoms with Crippen molar-refractivity contribution < 1.29 is 14.6 Å². The Hall–Kier alpha value is -0.530. The Morgan fingerprint density at radius 2 is 2.32 bits per heavy atom. The van der Waals surface area contributed by atoms with Crippen LogP contribution in [0.5, 0.6) is 5.75 Å². The summed E-state index contributed by atoms with van der Waals surface area (Å²) < 4.78 is 6.09. The number of hydrogen-bond acceptors (Lipinski definition) is 3.